The fraction of sp³-hybridized carbons (Fsp3) is 0.562. The van der Waals surface area contributed by atoms with Crippen LogP contribution in [0.4, 0.5) is 0 Å². The third-order valence-electron chi connectivity index (χ3n) is 25.2. The number of nitrogens with two attached hydrogens (primary N) is 5. The second kappa shape index (κ2) is 56.3. The van der Waals surface area contributed by atoms with Gasteiger partial charge in [-0.1, -0.05) is 153 Å². The maximum atomic E-state index is 15.4. The normalized spacial score (nSPS) is 18.0. The Morgan fingerprint density at radius 1 is 0.403 bits per heavy atom. The van der Waals surface area contributed by atoms with Crippen molar-refractivity contribution in [3.63, 3.8) is 0 Å². The number of hydrogen-bond donors (Lipinski definition) is 24. The zero-order valence-corrected chi connectivity index (χ0v) is 82.6. The topological polar surface area (TPSA) is 763 Å². The molecule has 3 saturated heterocycles. The van der Waals surface area contributed by atoms with Gasteiger partial charge in [-0.25, -0.2) is 9.78 Å². The van der Waals surface area contributed by atoms with E-state index in [9.17, 15) is 92.0 Å². The van der Waals surface area contributed by atoms with Crippen LogP contribution in [0.25, 0.3) is 0 Å². The first-order valence-corrected chi connectivity index (χ1v) is 48.3. The molecule has 0 radical (unpaired) electrons. The minimum Gasteiger partial charge on any atom is -0.480 e. The fourth-order valence-electron chi connectivity index (χ4n) is 17.0. The van der Waals surface area contributed by atoms with E-state index in [1.165, 1.54) is 40.2 Å². The highest BCUT2D eigenvalue weighted by Gasteiger charge is 2.47. The second-order valence-corrected chi connectivity index (χ2v) is 37.6. The smallest absolute Gasteiger partial charge is 0.326 e. The van der Waals surface area contributed by atoms with Crippen molar-refractivity contribution in [2.24, 2.45) is 52.3 Å². The quantitative estimate of drug-likeness (QED) is 0.0111. The average molecular weight is 2010 g/mol. The fourth-order valence-corrected chi connectivity index (χ4v) is 17.0. The van der Waals surface area contributed by atoms with Crippen molar-refractivity contribution in [3.05, 3.63) is 126 Å². The third-order valence-corrected chi connectivity index (χ3v) is 25.2. The molecule has 4 heterocycles. The molecule has 3 aliphatic rings. The summed E-state index contributed by atoms with van der Waals surface area (Å²) in [7, 11) is 0. The van der Waals surface area contributed by atoms with Crippen LogP contribution >= 0.6 is 0 Å². The standard InChI is InChI=1S/C96H141N25O23/c1-11-52(8)76(91(139)115-75(51(6)7)90(138)118-78(54(10)123)93(141)120-39-23-32-67(120)86(134)106-60(31-21-37-104-96(101)102)80(128)117-77(53(9)122)94(142)121-40-24-34-69(121)95(143)144)116-85(133)65(45-71(99)125)110-83(131)63(43-57-29-19-14-20-30-57)108-81(129)61(41-55-25-15-12-16-26-55)107-82(130)62(42-56-27-17-13-18-28-56)109-84(132)64(44-58-47-103-48-105-58)111-88(136)73(49(2)3)114-89(137)74(50(4)5)113-87(135)68-33-22-38-119(68)92(140)66(46-72(100)126)112-79(127)59(97)35-36-70(98)124/h12-20,25-30,47-54,59-69,73-78,122-123H,11,21-24,31-46,97H2,1-10H3,(H2,98,124)(H2,99,125)(H2,100,126)(H,103,105)(H,106,134)(H,107,130)(H,108,129)(H,109,132)(H,110,131)(H,111,136)(H,112,127)(H,113,135)(H,114,137)(H,115,139)(H,116,133)(H,117,128)(H,118,138)(H,143,144)(H4,101,102,104)/t52?,53?,54?,59-,60-,61-,62-,63-,64-,65-,66-,67-,68-,69-,73-,74-,75-,76-,77-,78-/m0/s1. The maximum absolute atomic E-state index is 15.4. The molecule has 3 aliphatic heterocycles. The van der Waals surface area contributed by atoms with Crippen molar-refractivity contribution in [2.75, 3.05) is 26.2 Å². The van der Waals surface area contributed by atoms with E-state index in [1.54, 1.807) is 133 Å². The highest BCUT2D eigenvalue weighted by Crippen LogP contribution is 2.26. The van der Waals surface area contributed by atoms with Crippen molar-refractivity contribution in [2.45, 2.75) is 293 Å². The second-order valence-electron chi connectivity index (χ2n) is 37.6. The van der Waals surface area contributed by atoms with Gasteiger partial charge in [-0.15, -0.1) is 0 Å². The number of guanidine groups is 1. The Kier molecular flexibility index (Phi) is 45.5. The number of aliphatic hydroxyl groups is 2. The summed E-state index contributed by atoms with van der Waals surface area (Å²) in [6.45, 7) is 15.1. The van der Waals surface area contributed by atoms with E-state index >= 15 is 19.2 Å². The number of carbonyl (C=O) groups is 20. The van der Waals surface area contributed by atoms with E-state index < -0.39 is 276 Å². The highest BCUT2D eigenvalue weighted by atomic mass is 16.4. The summed E-state index contributed by atoms with van der Waals surface area (Å²) in [5.41, 5.74) is 29.6. The SMILES string of the molecule is CCC(C)[C@H](NC(=O)[C@H](CC(N)=O)NC(=O)[C@H](Cc1ccccc1)NC(=O)[C@H](Cc1ccccc1)NC(=O)[C@H](Cc1ccccc1)NC(=O)[C@H](Cc1c[nH]cn1)NC(=O)[C@@H](NC(=O)[C@@H](NC(=O)[C@@H]1CCCN1C(=O)[C@H](CC(N)=O)NC(=O)[C@@H](N)CCC(N)=O)C(C)C)C(C)C)C(=O)N[C@H](C(=O)N[C@H](C(=O)N1CCC[C@H]1C(=O)N[C@@H](CCCNC(=N)N)C(=O)N[C@H](C(=O)N1CCC[C@H]1C(=O)O)C(C)O)C(C)O)C(C)C. The Balaban J connectivity index is 1.09. The van der Waals surface area contributed by atoms with E-state index in [2.05, 4.69) is 84.4 Å². The lowest BCUT2D eigenvalue weighted by Crippen LogP contribution is -2.63. The van der Waals surface area contributed by atoms with E-state index in [0.717, 1.165) is 14.7 Å². The van der Waals surface area contributed by atoms with Crippen molar-refractivity contribution < 1.29 is 111 Å². The number of imidazole rings is 1. The number of aromatic amines is 1. The molecule has 0 bridgehead atoms. The number of carboxylic acid groups (broad SMARTS) is 1. The monoisotopic (exact) mass is 2010 g/mol. The van der Waals surface area contributed by atoms with Gasteiger partial charge >= 0.3 is 5.97 Å². The number of carbonyl (C=O) groups excluding carboxylic acids is 19. The largest absolute Gasteiger partial charge is 0.480 e. The van der Waals surface area contributed by atoms with Crippen LogP contribution in [-0.4, -0.2) is 305 Å². The molecule has 3 unspecified atom stereocenters. The predicted molar refractivity (Wildman–Crippen MR) is 520 cm³/mol. The van der Waals surface area contributed by atoms with Gasteiger partial charge in [-0.3, -0.25) is 96.5 Å². The predicted octanol–water partition coefficient (Wildman–Crippen LogP) is -5.58. The molecule has 0 spiro atoms. The van der Waals surface area contributed by atoms with Crippen LogP contribution in [0.5, 0.6) is 0 Å². The van der Waals surface area contributed by atoms with Gasteiger partial charge in [-0.2, -0.15) is 0 Å². The number of hydrogen-bond acceptors (Lipinski definition) is 25. The molecule has 7 rings (SSSR count). The molecule has 0 saturated carbocycles. The molecule has 29 N–H and O–H groups in total. The molecule has 20 atom stereocenters. The number of H-pyrrole nitrogens is 1. The summed E-state index contributed by atoms with van der Waals surface area (Å²) in [5, 5.41) is 76.2. The number of benzene rings is 3. The highest BCUT2D eigenvalue weighted by molar-refractivity contribution is 6.03. The Labute approximate surface area is 833 Å². The van der Waals surface area contributed by atoms with E-state index in [4.69, 9.17) is 34.1 Å². The number of amides is 19. The molecule has 144 heavy (non-hydrogen) atoms. The van der Waals surface area contributed by atoms with Crippen molar-refractivity contribution >= 4 is 124 Å². The van der Waals surface area contributed by atoms with Crippen molar-refractivity contribution in [1.29, 1.82) is 5.41 Å². The Morgan fingerprint density at radius 3 is 1.15 bits per heavy atom. The van der Waals surface area contributed by atoms with Crippen LogP contribution in [0, 0.1) is 29.1 Å². The summed E-state index contributed by atoms with van der Waals surface area (Å²) < 4.78 is 0. The molecule has 48 heteroatoms. The van der Waals surface area contributed by atoms with Gasteiger partial charge in [0, 0.05) is 64.5 Å². The molecule has 1 aromatic heterocycles. The van der Waals surface area contributed by atoms with Crippen molar-refractivity contribution in [3.8, 4) is 0 Å². The average Bonchev–Trinajstić information content (AvgIpc) is 1.82. The summed E-state index contributed by atoms with van der Waals surface area (Å²) in [6, 6.07) is -1.04. The van der Waals surface area contributed by atoms with Crippen molar-refractivity contribution in [1.82, 2.24) is 99.1 Å². The molecule has 3 aromatic carbocycles. The number of rotatable bonds is 56. The molecule has 3 fully saturated rings. The minimum atomic E-state index is -1.90. The van der Waals surface area contributed by atoms with Crippen LogP contribution < -0.4 is 103 Å². The number of aliphatic hydroxyl groups excluding tert-OH is 2. The van der Waals surface area contributed by atoms with Crippen LogP contribution in [0.1, 0.15) is 175 Å². The number of nitrogens with one attached hydrogen (secondary N) is 16. The first-order chi connectivity index (χ1) is 68.1. The summed E-state index contributed by atoms with van der Waals surface area (Å²) in [4.78, 5) is 293. The van der Waals surface area contributed by atoms with Gasteiger partial charge in [0.15, 0.2) is 5.96 Å². The summed E-state index contributed by atoms with van der Waals surface area (Å²) in [6.07, 6.45) is -2.53. The minimum absolute atomic E-state index is 0.00933. The lowest BCUT2D eigenvalue weighted by Gasteiger charge is -2.33. The van der Waals surface area contributed by atoms with E-state index in [0.29, 0.717) is 23.1 Å². The molecular formula is C96H141N25O23. The first-order valence-electron chi connectivity index (χ1n) is 48.3. The van der Waals surface area contributed by atoms with Gasteiger partial charge in [-0.05, 0) is 112 Å². The number of likely N-dealkylation sites (tertiary alicyclic amines) is 3. The van der Waals surface area contributed by atoms with Gasteiger partial charge in [0.1, 0.15) is 96.7 Å². The molecule has 4 aromatic rings. The molecule has 0 aliphatic carbocycles. The van der Waals surface area contributed by atoms with Crippen LogP contribution in [0.3, 0.4) is 0 Å². The Hall–Kier alpha value is -14.6. The van der Waals surface area contributed by atoms with Crippen LogP contribution in [-0.2, 0) is 122 Å². The number of aromatic nitrogens is 2. The molecule has 48 nitrogen and oxygen atoms in total. The van der Waals surface area contributed by atoms with Gasteiger partial charge in [0.05, 0.1) is 43.1 Å². The summed E-state index contributed by atoms with van der Waals surface area (Å²) in [5.74, 6) is -22.8. The lowest BCUT2D eigenvalue weighted by atomic mass is 9.95. The molecular weight excluding hydrogens is 1870 g/mol. The Bertz CT molecular complexity index is 5130. The number of aliphatic carboxylic acids is 1. The van der Waals surface area contributed by atoms with Crippen LogP contribution in [0.15, 0.2) is 104 Å². The lowest BCUT2D eigenvalue weighted by molar-refractivity contribution is -0.151. The zero-order valence-electron chi connectivity index (χ0n) is 82.6. The zero-order chi connectivity index (χ0) is 107. The van der Waals surface area contributed by atoms with E-state index in [1.807, 2.05) is 0 Å². The van der Waals surface area contributed by atoms with Crippen LogP contribution in [0.2, 0.25) is 0 Å². The Morgan fingerprint density at radius 2 is 0.750 bits per heavy atom. The molecule has 788 valence electrons. The number of carboxylic acids is 1. The number of primary amides is 3. The van der Waals surface area contributed by atoms with E-state index in [-0.39, 0.29) is 122 Å². The van der Waals surface area contributed by atoms with Gasteiger partial charge in [0.2, 0.25) is 112 Å². The summed E-state index contributed by atoms with van der Waals surface area (Å²) >= 11 is 0. The van der Waals surface area contributed by atoms with Gasteiger partial charge < -0.3 is 138 Å². The third kappa shape index (κ3) is 35.2. The first kappa shape index (κ1) is 116. The van der Waals surface area contributed by atoms with Gasteiger partial charge in [0.25, 0.3) is 0 Å². The maximum Gasteiger partial charge on any atom is 0.326 e. The molecule has 19 amide bonds. The number of nitrogens with zero attached hydrogens (tertiary/aromatic N) is 4.